The summed E-state index contributed by atoms with van der Waals surface area (Å²) < 4.78 is 23.0. The number of ketones is 1. The zero-order chi connectivity index (χ0) is 15.9. The fourth-order valence-electron chi connectivity index (χ4n) is 2.22. The Labute approximate surface area is 131 Å². The molecule has 1 heterocycles. The first-order valence-corrected chi connectivity index (χ1v) is 8.23. The normalized spacial score (nSPS) is 11.7. The average molecular weight is 335 g/mol. The number of benzene rings is 2. The molecule has 0 radical (unpaired) electrons. The minimum atomic E-state index is -3.99. The number of aromatic nitrogens is 1. The summed E-state index contributed by atoms with van der Waals surface area (Å²) in [6, 6.07) is 11.1. The molecule has 0 bridgehead atoms. The summed E-state index contributed by atoms with van der Waals surface area (Å²) in [4.78, 5) is 15.3. The van der Waals surface area contributed by atoms with Gasteiger partial charge in [-0.15, -0.1) is 0 Å². The van der Waals surface area contributed by atoms with Gasteiger partial charge in [0.05, 0.1) is 5.02 Å². The number of aromatic amines is 1. The van der Waals surface area contributed by atoms with Gasteiger partial charge in [0.15, 0.2) is 5.78 Å². The second-order valence-corrected chi connectivity index (χ2v) is 6.74. The molecule has 2 aromatic carbocycles. The Bertz CT molecular complexity index is 993. The van der Waals surface area contributed by atoms with Gasteiger partial charge in [-0.2, -0.15) is 0 Å². The molecule has 22 heavy (non-hydrogen) atoms. The molecule has 3 rings (SSSR count). The molecule has 0 saturated carbocycles. The number of rotatable bonds is 3. The van der Waals surface area contributed by atoms with Gasteiger partial charge in [-0.25, -0.2) is 13.6 Å². The molecule has 0 aliphatic heterocycles. The second-order valence-electron chi connectivity index (χ2n) is 4.80. The van der Waals surface area contributed by atoms with Crippen molar-refractivity contribution in [1.82, 2.24) is 4.98 Å². The first-order valence-electron chi connectivity index (χ1n) is 6.30. The lowest BCUT2D eigenvalue weighted by Crippen LogP contribution is -2.14. The van der Waals surface area contributed by atoms with Crippen molar-refractivity contribution in [1.29, 1.82) is 0 Å². The Morgan fingerprint density at radius 2 is 1.73 bits per heavy atom. The molecule has 1 aromatic heterocycles. The van der Waals surface area contributed by atoms with Crippen LogP contribution in [-0.2, 0) is 10.0 Å². The predicted molar refractivity (Wildman–Crippen MR) is 84.6 cm³/mol. The van der Waals surface area contributed by atoms with E-state index in [-0.39, 0.29) is 21.3 Å². The van der Waals surface area contributed by atoms with Gasteiger partial charge in [-0.05, 0) is 35.7 Å². The summed E-state index contributed by atoms with van der Waals surface area (Å²) in [7, 11) is -3.99. The van der Waals surface area contributed by atoms with Crippen LogP contribution in [0.25, 0.3) is 10.9 Å². The Hall–Kier alpha value is -2.15. The molecule has 0 amide bonds. The van der Waals surface area contributed by atoms with E-state index in [2.05, 4.69) is 4.98 Å². The third-order valence-corrected chi connectivity index (χ3v) is 4.71. The van der Waals surface area contributed by atoms with Gasteiger partial charge >= 0.3 is 0 Å². The molecule has 3 aromatic rings. The summed E-state index contributed by atoms with van der Waals surface area (Å²) in [5.41, 5.74) is 1.48. The van der Waals surface area contributed by atoms with E-state index in [4.69, 9.17) is 16.7 Å². The van der Waals surface area contributed by atoms with E-state index in [0.29, 0.717) is 5.56 Å². The number of hydrogen-bond acceptors (Lipinski definition) is 3. The first-order chi connectivity index (χ1) is 10.4. The second kappa shape index (κ2) is 5.24. The van der Waals surface area contributed by atoms with Gasteiger partial charge in [-0.1, -0.05) is 23.7 Å². The van der Waals surface area contributed by atoms with Crippen LogP contribution < -0.4 is 5.14 Å². The maximum atomic E-state index is 12.5. The van der Waals surface area contributed by atoms with Crippen LogP contribution in [0.15, 0.2) is 53.6 Å². The van der Waals surface area contributed by atoms with E-state index in [1.165, 1.54) is 18.2 Å². The number of sulfonamides is 1. The van der Waals surface area contributed by atoms with E-state index in [1.54, 1.807) is 18.3 Å². The third kappa shape index (κ3) is 2.64. The van der Waals surface area contributed by atoms with Crippen molar-refractivity contribution >= 4 is 38.3 Å². The zero-order valence-corrected chi connectivity index (χ0v) is 12.8. The molecule has 0 fully saturated rings. The maximum absolute atomic E-state index is 12.5. The maximum Gasteiger partial charge on any atom is 0.239 e. The van der Waals surface area contributed by atoms with Gasteiger partial charge in [0.25, 0.3) is 0 Å². The molecule has 0 unspecified atom stereocenters. The smallest absolute Gasteiger partial charge is 0.239 e. The molecule has 0 atom stereocenters. The summed E-state index contributed by atoms with van der Waals surface area (Å²) in [6.07, 6.45) is 1.78. The van der Waals surface area contributed by atoms with Crippen molar-refractivity contribution in [3.8, 4) is 0 Å². The standard InChI is InChI=1S/C15H11ClN2O3S/c16-12-4-3-11(8-14(12)22(17,20)21)15(19)10-2-1-9-5-6-18-13(9)7-10/h1-8,18H,(H2,17,20,21). The fraction of sp³-hybridized carbons (Fsp3) is 0. The summed E-state index contributed by atoms with van der Waals surface area (Å²) in [6.45, 7) is 0. The molecule has 5 nitrogen and oxygen atoms in total. The summed E-state index contributed by atoms with van der Waals surface area (Å²) in [5.74, 6) is -0.307. The van der Waals surface area contributed by atoms with Crippen LogP contribution in [-0.4, -0.2) is 19.2 Å². The highest BCUT2D eigenvalue weighted by Gasteiger charge is 2.17. The van der Waals surface area contributed by atoms with Gasteiger partial charge < -0.3 is 4.98 Å². The number of carbonyl (C=O) groups is 1. The van der Waals surface area contributed by atoms with Crippen molar-refractivity contribution in [2.45, 2.75) is 4.90 Å². The van der Waals surface area contributed by atoms with Crippen LogP contribution in [0.4, 0.5) is 0 Å². The lowest BCUT2D eigenvalue weighted by atomic mass is 10.0. The fourth-order valence-corrected chi connectivity index (χ4v) is 3.29. The average Bonchev–Trinajstić information content (AvgIpc) is 2.93. The molecule has 0 aliphatic carbocycles. The van der Waals surface area contributed by atoms with Crippen LogP contribution in [0.5, 0.6) is 0 Å². The highest BCUT2D eigenvalue weighted by atomic mass is 35.5. The Morgan fingerprint density at radius 3 is 2.45 bits per heavy atom. The molecule has 3 N–H and O–H groups in total. The monoisotopic (exact) mass is 334 g/mol. The largest absolute Gasteiger partial charge is 0.361 e. The number of carbonyl (C=O) groups excluding carboxylic acids is 1. The van der Waals surface area contributed by atoms with Crippen LogP contribution in [0.2, 0.25) is 5.02 Å². The minimum Gasteiger partial charge on any atom is -0.361 e. The molecule has 0 aliphatic rings. The highest BCUT2D eigenvalue weighted by molar-refractivity contribution is 7.89. The Balaban J connectivity index is 2.08. The van der Waals surface area contributed by atoms with Gasteiger partial charge in [-0.3, -0.25) is 4.79 Å². The molecular weight excluding hydrogens is 324 g/mol. The van der Waals surface area contributed by atoms with Crippen molar-refractivity contribution in [3.63, 3.8) is 0 Å². The van der Waals surface area contributed by atoms with Crippen molar-refractivity contribution in [2.24, 2.45) is 5.14 Å². The molecule has 112 valence electrons. The van der Waals surface area contributed by atoms with Gasteiger partial charge in [0, 0.05) is 22.8 Å². The molecule has 7 heteroatoms. The van der Waals surface area contributed by atoms with Gasteiger partial charge in [0.2, 0.25) is 10.0 Å². The van der Waals surface area contributed by atoms with Crippen molar-refractivity contribution < 1.29 is 13.2 Å². The SMILES string of the molecule is NS(=O)(=O)c1cc(C(=O)c2ccc3cc[nH]c3c2)ccc1Cl. The number of fused-ring (bicyclic) bond motifs is 1. The number of nitrogens with one attached hydrogen (secondary N) is 1. The van der Waals surface area contributed by atoms with Crippen molar-refractivity contribution in [2.75, 3.05) is 0 Å². The zero-order valence-electron chi connectivity index (χ0n) is 11.2. The van der Waals surface area contributed by atoms with Crippen molar-refractivity contribution in [3.05, 3.63) is 64.8 Å². The van der Waals surface area contributed by atoms with E-state index < -0.39 is 10.0 Å². The van der Waals surface area contributed by atoms with E-state index in [9.17, 15) is 13.2 Å². The van der Waals surface area contributed by atoms with Gasteiger partial charge in [0.1, 0.15) is 4.90 Å². The molecule has 0 spiro atoms. The van der Waals surface area contributed by atoms with E-state index >= 15 is 0 Å². The number of H-pyrrole nitrogens is 1. The lowest BCUT2D eigenvalue weighted by molar-refractivity contribution is 0.103. The predicted octanol–water partition coefficient (Wildman–Crippen LogP) is 2.70. The summed E-state index contributed by atoms with van der Waals surface area (Å²) >= 11 is 5.82. The van der Waals surface area contributed by atoms with E-state index in [0.717, 1.165) is 10.9 Å². The Morgan fingerprint density at radius 1 is 1.05 bits per heavy atom. The van der Waals surface area contributed by atoms with E-state index in [1.807, 2.05) is 12.1 Å². The van der Waals surface area contributed by atoms with Crippen LogP contribution in [0.1, 0.15) is 15.9 Å². The topological polar surface area (TPSA) is 93.0 Å². The molecular formula is C15H11ClN2O3S. The Kier molecular flexibility index (Phi) is 3.52. The van der Waals surface area contributed by atoms with Crippen LogP contribution >= 0.6 is 11.6 Å². The first kappa shape index (κ1) is 14.8. The number of nitrogens with two attached hydrogens (primary N) is 1. The third-order valence-electron chi connectivity index (χ3n) is 3.32. The summed E-state index contributed by atoms with van der Waals surface area (Å²) in [5, 5.41) is 6.07. The quantitative estimate of drug-likeness (QED) is 0.721. The lowest BCUT2D eigenvalue weighted by Gasteiger charge is -2.06. The van der Waals surface area contributed by atoms with Crippen LogP contribution in [0, 0.1) is 0 Å². The number of primary sulfonamides is 1. The number of hydrogen-bond donors (Lipinski definition) is 2. The molecule has 0 saturated heterocycles. The highest BCUT2D eigenvalue weighted by Crippen LogP contribution is 2.24. The number of halogens is 1. The minimum absolute atomic E-state index is 0.0149. The van der Waals surface area contributed by atoms with Crippen LogP contribution in [0.3, 0.4) is 0 Å².